The van der Waals surface area contributed by atoms with E-state index in [9.17, 15) is 9.18 Å². The van der Waals surface area contributed by atoms with Crippen LogP contribution in [0.3, 0.4) is 0 Å². The van der Waals surface area contributed by atoms with Gasteiger partial charge in [-0.15, -0.1) is 0 Å². The molecule has 0 radical (unpaired) electrons. The zero-order valence-electron chi connectivity index (χ0n) is 10.1. The molecule has 0 aromatic heterocycles. The van der Waals surface area contributed by atoms with Crippen molar-refractivity contribution in [2.45, 2.75) is 26.7 Å². The van der Waals surface area contributed by atoms with Gasteiger partial charge in [0.2, 0.25) is 5.91 Å². The third kappa shape index (κ3) is 2.10. The molecule has 1 aliphatic rings. The van der Waals surface area contributed by atoms with Crippen molar-refractivity contribution in [2.75, 3.05) is 5.32 Å². The second kappa shape index (κ2) is 4.41. The zero-order valence-corrected chi connectivity index (χ0v) is 11.6. The Balaban J connectivity index is 2.50. The van der Waals surface area contributed by atoms with E-state index in [-0.39, 0.29) is 23.6 Å². The first-order valence-corrected chi connectivity index (χ1v) is 6.51. The largest absolute Gasteiger partial charge is 0.324 e. The summed E-state index contributed by atoms with van der Waals surface area (Å²) in [6.45, 7) is 6.18. The second-order valence-electron chi connectivity index (χ2n) is 4.92. The quantitative estimate of drug-likeness (QED) is 0.881. The highest BCUT2D eigenvalue weighted by atomic mass is 79.9. The standard InChI is InChI=1S/C13H15BrFNO/c1-6(2)7(3)11-9-4-8(15)5-10(14)12(9)16-13(11)17/h4-7,11H,1-3H3,(H,16,17). The third-order valence-electron chi connectivity index (χ3n) is 3.53. The number of halogens is 2. The highest BCUT2D eigenvalue weighted by Crippen LogP contribution is 2.43. The smallest absolute Gasteiger partial charge is 0.232 e. The minimum Gasteiger partial charge on any atom is -0.324 e. The predicted molar refractivity (Wildman–Crippen MR) is 69.5 cm³/mol. The summed E-state index contributed by atoms with van der Waals surface area (Å²) in [5.74, 6) is -0.0405. The topological polar surface area (TPSA) is 29.1 Å². The summed E-state index contributed by atoms with van der Waals surface area (Å²) < 4.78 is 14.0. The minimum absolute atomic E-state index is 0.0347. The third-order valence-corrected chi connectivity index (χ3v) is 4.15. The maximum atomic E-state index is 13.4. The minimum atomic E-state index is -0.312. The number of benzene rings is 1. The number of amides is 1. The van der Waals surface area contributed by atoms with Crippen LogP contribution in [-0.2, 0) is 4.79 Å². The van der Waals surface area contributed by atoms with Crippen molar-refractivity contribution in [1.82, 2.24) is 0 Å². The number of fused-ring (bicyclic) bond motifs is 1. The highest BCUT2D eigenvalue weighted by molar-refractivity contribution is 9.10. The van der Waals surface area contributed by atoms with E-state index in [1.807, 2.05) is 6.92 Å². The average Bonchev–Trinajstić information content (AvgIpc) is 2.54. The molecule has 2 nitrogen and oxygen atoms in total. The zero-order chi connectivity index (χ0) is 12.7. The van der Waals surface area contributed by atoms with Crippen molar-refractivity contribution in [1.29, 1.82) is 0 Å². The number of anilines is 1. The lowest BCUT2D eigenvalue weighted by molar-refractivity contribution is -0.118. The van der Waals surface area contributed by atoms with Crippen LogP contribution in [-0.4, -0.2) is 5.91 Å². The SMILES string of the molecule is CC(C)C(C)C1C(=O)Nc2c(Br)cc(F)cc21. The molecule has 2 rings (SSSR count). The van der Waals surface area contributed by atoms with Gasteiger partial charge in [0.25, 0.3) is 0 Å². The Morgan fingerprint density at radius 2 is 2.00 bits per heavy atom. The van der Waals surface area contributed by atoms with Crippen molar-refractivity contribution < 1.29 is 9.18 Å². The van der Waals surface area contributed by atoms with Crippen molar-refractivity contribution in [3.8, 4) is 0 Å². The molecule has 1 aromatic carbocycles. The molecule has 17 heavy (non-hydrogen) atoms. The van der Waals surface area contributed by atoms with E-state index in [1.54, 1.807) is 0 Å². The molecule has 1 heterocycles. The van der Waals surface area contributed by atoms with E-state index in [2.05, 4.69) is 35.1 Å². The summed E-state index contributed by atoms with van der Waals surface area (Å²) in [6, 6.07) is 2.84. The van der Waals surface area contributed by atoms with Gasteiger partial charge in [-0.2, -0.15) is 0 Å². The van der Waals surface area contributed by atoms with Crippen LogP contribution >= 0.6 is 15.9 Å². The molecule has 4 heteroatoms. The van der Waals surface area contributed by atoms with Crippen LogP contribution in [0.5, 0.6) is 0 Å². The molecule has 0 bridgehead atoms. The van der Waals surface area contributed by atoms with E-state index in [0.717, 1.165) is 5.56 Å². The van der Waals surface area contributed by atoms with Crippen LogP contribution in [0.2, 0.25) is 0 Å². The first kappa shape index (κ1) is 12.6. The van der Waals surface area contributed by atoms with Gasteiger partial charge in [0.1, 0.15) is 5.82 Å². The summed E-state index contributed by atoms with van der Waals surface area (Å²) in [4.78, 5) is 12.0. The van der Waals surface area contributed by atoms with E-state index >= 15 is 0 Å². The summed E-state index contributed by atoms with van der Waals surface area (Å²) in [6.07, 6.45) is 0. The maximum absolute atomic E-state index is 13.4. The fourth-order valence-corrected chi connectivity index (χ4v) is 2.77. The van der Waals surface area contributed by atoms with Crippen LogP contribution in [0.4, 0.5) is 10.1 Å². The van der Waals surface area contributed by atoms with Crippen LogP contribution in [0.1, 0.15) is 32.3 Å². The summed E-state index contributed by atoms with van der Waals surface area (Å²) in [7, 11) is 0. The molecular formula is C13H15BrFNO. The lowest BCUT2D eigenvalue weighted by Gasteiger charge is -2.21. The number of carbonyl (C=O) groups is 1. The van der Waals surface area contributed by atoms with Crippen LogP contribution in [0.25, 0.3) is 0 Å². The Morgan fingerprint density at radius 1 is 1.35 bits per heavy atom. The van der Waals surface area contributed by atoms with Crippen molar-refractivity contribution >= 4 is 27.5 Å². The normalized spacial score (nSPS) is 20.4. The predicted octanol–water partition coefficient (Wildman–Crippen LogP) is 3.92. The fourth-order valence-electron chi connectivity index (χ4n) is 2.22. The van der Waals surface area contributed by atoms with E-state index in [4.69, 9.17) is 0 Å². The van der Waals surface area contributed by atoms with Gasteiger partial charge in [-0.25, -0.2) is 4.39 Å². The van der Waals surface area contributed by atoms with Gasteiger partial charge in [-0.05, 0) is 45.5 Å². The molecule has 0 aliphatic carbocycles. The molecule has 92 valence electrons. The molecule has 1 aromatic rings. The number of rotatable bonds is 2. The van der Waals surface area contributed by atoms with Crippen molar-refractivity contribution in [3.63, 3.8) is 0 Å². The van der Waals surface area contributed by atoms with Crippen LogP contribution in [0.15, 0.2) is 16.6 Å². The fraction of sp³-hybridized carbons (Fsp3) is 0.462. The van der Waals surface area contributed by atoms with E-state index < -0.39 is 0 Å². The molecule has 0 spiro atoms. The molecule has 2 unspecified atom stereocenters. The van der Waals surface area contributed by atoms with Gasteiger partial charge in [0, 0.05) is 4.47 Å². The van der Waals surface area contributed by atoms with Gasteiger partial charge in [0.05, 0.1) is 11.6 Å². The van der Waals surface area contributed by atoms with Crippen molar-refractivity contribution in [2.24, 2.45) is 11.8 Å². The Bertz CT molecular complexity index is 473. The lowest BCUT2D eigenvalue weighted by Crippen LogP contribution is -2.22. The Morgan fingerprint density at radius 3 is 2.59 bits per heavy atom. The molecule has 0 saturated carbocycles. The van der Waals surface area contributed by atoms with E-state index in [0.29, 0.717) is 16.1 Å². The molecule has 0 saturated heterocycles. The Kier molecular flexibility index (Phi) is 3.25. The molecular weight excluding hydrogens is 285 g/mol. The molecule has 1 amide bonds. The average molecular weight is 300 g/mol. The first-order valence-electron chi connectivity index (χ1n) is 5.71. The monoisotopic (exact) mass is 299 g/mol. The second-order valence-corrected chi connectivity index (χ2v) is 5.78. The first-order chi connectivity index (χ1) is 7.91. The van der Waals surface area contributed by atoms with Crippen molar-refractivity contribution in [3.05, 3.63) is 28.0 Å². The number of hydrogen-bond donors (Lipinski definition) is 1. The Hall–Kier alpha value is -0.900. The summed E-state index contributed by atoms with van der Waals surface area (Å²) >= 11 is 3.28. The van der Waals surface area contributed by atoms with Gasteiger partial charge in [-0.1, -0.05) is 20.8 Å². The highest BCUT2D eigenvalue weighted by Gasteiger charge is 2.37. The van der Waals surface area contributed by atoms with Gasteiger partial charge >= 0.3 is 0 Å². The van der Waals surface area contributed by atoms with Gasteiger partial charge < -0.3 is 5.32 Å². The Labute approximate surface area is 109 Å². The number of nitrogens with one attached hydrogen (secondary N) is 1. The maximum Gasteiger partial charge on any atom is 0.232 e. The lowest BCUT2D eigenvalue weighted by atomic mass is 9.81. The molecule has 1 N–H and O–H groups in total. The number of hydrogen-bond acceptors (Lipinski definition) is 1. The molecule has 0 fully saturated rings. The molecule has 1 aliphatic heterocycles. The molecule has 2 atom stereocenters. The summed E-state index contributed by atoms with van der Waals surface area (Å²) in [5.41, 5.74) is 1.48. The van der Waals surface area contributed by atoms with Crippen LogP contribution in [0, 0.1) is 17.7 Å². The van der Waals surface area contributed by atoms with Gasteiger partial charge in [0.15, 0.2) is 0 Å². The number of carbonyl (C=O) groups excluding carboxylic acids is 1. The van der Waals surface area contributed by atoms with E-state index in [1.165, 1.54) is 12.1 Å². The van der Waals surface area contributed by atoms with Gasteiger partial charge in [-0.3, -0.25) is 4.79 Å². The summed E-state index contributed by atoms with van der Waals surface area (Å²) in [5, 5.41) is 2.83. The van der Waals surface area contributed by atoms with Crippen LogP contribution < -0.4 is 5.32 Å².